The van der Waals surface area contributed by atoms with E-state index in [1.165, 1.54) is 24.3 Å². The molecule has 11 nitrogen and oxygen atoms in total. The summed E-state index contributed by atoms with van der Waals surface area (Å²) in [6, 6.07) is 8.48. The molecule has 0 aromatic heterocycles. The molecule has 0 aliphatic rings. The van der Waals surface area contributed by atoms with E-state index in [1.54, 1.807) is 0 Å². The first-order valence-corrected chi connectivity index (χ1v) is 6.31. The van der Waals surface area contributed by atoms with Crippen LogP contribution in [0.1, 0.15) is 10.4 Å². The topological polar surface area (TPSA) is 160 Å². The molecule has 0 heterocycles. The molecule has 2 aromatic carbocycles. The highest BCUT2D eigenvalue weighted by Crippen LogP contribution is 2.23. The first-order valence-electron chi connectivity index (χ1n) is 6.31. The molecule has 0 radical (unpaired) electrons. The Labute approximate surface area is 133 Å². The van der Waals surface area contributed by atoms with Crippen LogP contribution in [0.4, 0.5) is 22.7 Å². The van der Waals surface area contributed by atoms with Crippen LogP contribution >= 0.6 is 0 Å². The quantitative estimate of drug-likeness (QED) is 0.466. The van der Waals surface area contributed by atoms with Crippen molar-refractivity contribution in [2.75, 3.05) is 5.43 Å². The number of non-ortho nitro benzene ring substituents is 2. The van der Waals surface area contributed by atoms with Crippen molar-refractivity contribution in [3.63, 3.8) is 0 Å². The molecule has 0 fully saturated rings. The fourth-order valence-electron chi connectivity index (χ4n) is 1.71. The molecule has 0 saturated carbocycles. The molecular formula is C13H9N5O6. The Balaban J connectivity index is 2.22. The lowest BCUT2D eigenvalue weighted by molar-refractivity contribution is -0.385. The molecule has 0 amide bonds. The number of rotatable bonds is 6. The van der Waals surface area contributed by atoms with Gasteiger partial charge in [0.05, 0.1) is 26.8 Å². The SMILES string of the molecule is O=C(O)c1cc(NN=Nc2cccc([N+](=O)[O-])c2)cc([N+](=O)[O-])c1. The summed E-state index contributed by atoms with van der Waals surface area (Å²) in [4.78, 5) is 31.1. The van der Waals surface area contributed by atoms with Gasteiger partial charge >= 0.3 is 5.97 Å². The number of carbonyl (C=O) groups is 1. The van der Waals surface area contributed by atoms with Gasteiger partial charge in [-0.15, -0.1) is 5.11 Å². The van der Waals surface area contributed by atoms with Crippen molar-refractivity contribution < 1.29 is 19.7 Å². The van der Waals surface area contributed by atoms with Gasteiger partial charge in [0, 0.05) is 24.3 Å². The summed E-state index contributed by atoms with van der Waals surface area (Å²) in [5.41, 5.74) is 1.68. The minimum absolute atomic E-state index is 0.0378. The summed E-state index contributed by atoms with van der Waals surface area (Å²) in [5, 5.41) is 37.6. The largest absolute Gasteiger partial charge is 0.478 e. The van der Waals surface area contributed by atoms with Crippen molar-refractivity contribution in [1.82, 2.24) is 0 Å². The Morgan fingerprint density at radius 2 is 1.75 bits per heavy atom. The van der Waals surface area contributed by atoms with Gasteiger partial charge in [0.2, 0.25) is 0 Å². The van der Waals surface area contributed by atoms with Gasteiger partial charge < -0.3 is 5.11 Å². The van der Waals surface area contributed by atoms with Crippen molar-refractivity contribution in [2.45, 2.75) is 0 Å². The molecule has 0 saturated heterocycles. The molecule has 0 atom stereocenters. The number of hydrogen-bond donors (Lipinski definition) is 2. The second-order valence-electron chi connectivity index (χ2n) is 4.42. The van der Waals surface area contributed by atoms with Crippen molar-refractivity contribution >= 4 is 28.7 Å². The first-order chi connectivity index (χ1) is 11.4. The average Bonchev–Trinajstić information content (AvgIpc) is 2.54. The fraction of sp³-hybridized carbons (Fsp3) is 0. The van der Waals surface area contributed by atoms with Crippen molar-refractivity contribution in [3.8, 4) is 0 Å². The van der Waals surface area contributed by atoms with Crippen LogP contribution in [-0.4, -0.2) is 20.9 Å². The van der Waals surface area contributed by atoms with E-state index in [2.05, 4.69) is 15.8 Å². The van der Waals surface area contributed by atoms with E-state index in [0.717, 1.165) is 18.2 Å². The maximum absolute atomic E-state index is 11.0. The smallest absolute Gasteiger partial charge is 0.336 e. The highest BCUT2D eigenvalue weighted by molar-refractivity contribution is 5.89. The number of nitrogens with zero attached hydrogens (tertiary/aromatic N) is 4. The molecule has 0 bridgehead atoms. The van der Waals surface area contributed by atoms with Crippen LogP contribution in [0, 0.1) is 20.2 Å². The van der Waals surface area contributed by atoms with E-state index in [-0.39, 0.29) is 22.6 Å². The summed E-state index contributed by atoms with van der Waals surface area (Å²) < 4.78 is 0. The lowest BCUT2D eigenvalue weighted by Gasteiger charge is -2.02. The number of anilines is 1. The molecule has 0 aliphatic heterocycles. The highest BCUT2D eigenvalue weighted by atomic mass is 16.6. The molecule has 0 aliphatic carbocycles. The third kappa shape index (κ3) is 4.07. The van der Waals surface area contributed by atoms with Gasteiger partial charge in [-0.2, -0.15) is 0 Å². The zero-order valence-electron chi connectivity index (χ0n) is 11.8. The van der Waals surface area contributed by atoms with E-state index in [9.17, 15) is 25.0 Å². The van der Waals surface area contributed by atoms with Gasteiger partial charge in [-0.05, 0) is 12.1 Å². The summed E-state index contributed by atoms with van der Waals surface area (Å²) >= 11 is 0. The van der Waals surface area contributed by atoms with E-state index in [1.807, 2.05) is 0 Å². The lowest BCUT2D eigenvalue weighted by Crippen LogP contribution is -2.00. The molecule has 2 rings (SSSR count). The molecule has 11 heteroatoms. The fourth-order valence-corrected chi connectivity index (χ4v) is 1.71. The van der Waals surface area contributed by atoms with Crippen LogP contribution in [0.15, 0.2) is 52.8 Å². The third-order valence-electron chi connectivity index (χ3n) is 2.76. The molecular weight excluding hydrogens is 322 g/mol. The number of carboxylic acids is 1. The van der Waals surface area contributed by atoms with Gasteiger partial charge in [0.15, 0.2) is 0 Å². The van der Waals surface area contributed by atoms with Crippen LogP contribution in [0.2, 0.25) is 0 Å². The molecule has 122 valence electrons. The number of carboxylic acid groups (broad SMARTS) is 1. The third-order valence-corrected chi connectivity index (χ3v) is 2.76. The van der Waals surface area contributed by atoms with Crippen molar-refractivity contribution in [3.05, 3.63) is 68.3 Å². The van der Waals surface area contributed by atoms with Gasteiger partial charge in [-0.1, -0.05) is 11.3 Å². The second kappa shape index (κ2) is 6.91. The lowest BCUT2D eigenvalue weighted by atomic mass is 10.2. The minimum Gasteiger partial charge on any atom is -0.478 e. The monoisotopic (exact) mass is 331 g/mol. The predicted octanol–water partition coefficient (Wildman–Crippen LogP) is 3.31. The van der Waals surface area contributed by atoms with Crippen LogP contribution in [-0.2, 0) is 0 Å². The number of nitro benzene ring substituents is 2. The van der Waals surface area contributed by atoms with Crippen LogP contribution < -0.4 is 5.43 Å². The van der Waals surface area contributed by atoms with Gasteiger partial charge in [-0.3, -0.25) is 25.7 Å². The van der Waals surface area contributed by atoms with Crippen LogP contribution in [0.25, 0.3) is 0 Å². The maximum atomic E-state index is 11.0. The van der Waals surface area contributed by atoms with Crippen molar-refractivity contribution in [1.29, 1.82) is 0 Å². The summed E-state index contributed by atoms with van der Waals surface area (Å²) in [5.74, 6) is -1.34. The van der Waals surface area contributed by atoms with E-state index in [4.69, 9.17) is 5.11 Å². The van der Waals surface area contributed by atoms with Crippen molar-refractivity contribution in [2.24, 2.45) is 10.3 Å². The van der Waals surface area contributed by atoms with E-state index in [0.29, 0.717) is 0 Å². The Hall–Kier alpha value is -3.89. The Kier molecular flexibility index (Phi) is 4.75. The highest BCUT2D eigenvalue weighted by Gasteiger charge is 2.13. The summed E-state index contributed by atoms with van der Waals surface area (Å²) in [6.07, 6.45) is 0. The number of nitrogens with one attached hydrogen (secondary N) is 1. The number of benzene rings is 2. The molecule has 24 heavy (non-hydrogen) atoms. The van der Waals surface area contributed by atoms with Gasteiger partial charge in [0.25, 0.3) is 11.4 Å². The number of hydrogen-bond acceptors (Lipinski definition) is 7. The predicted molar refractivity (Wildman–Crippen MR) is 81.3 cm³/mol. The van der Waals surface area contributed by atoms with E-state index < -0.39 is 21.5 Å². The summed E-state index contributed by atoms with van der Waals surface area (Å²) in [6.45, 7) is 0. The maximum Gasteiger partial charge on any atom is 0.336 e. The van der Waals surface area contributed by atoms with E-state index >= 15 is 0 Å². The standard InChI is InChI=1S/C13H9N5O6/c19-13(20)8-4-10(7-12(5-8)18(23)24)15-16-14-9-2-1-3-11(6-9)17(21)22/h1-7H,(H,14,15)(H,19,20). The van der Waals surface area contributed by atoms with Crippen LogP contribution in [0.5, 0.6) is 0 Å². The normalized spacial score (nSPS) is 10.5. The molecule has 0 spiro atoms. The van der Waals surface area contributed by atoms with Gasteiger partial charge in [0.1, 0.15) is 0 Å². The number of aromatic carboxylic acids is 1. The zero-order chi connectivity index (χ0) is 17.7. The molecule has 2 N–H and O–H groups in total. The van der Waals surface area contributed by atoms with Gasteiger partial charge in [-0.25, -0.2) is 4.79 Å². The van der Waals surface area contributed by atoms with Crippen LogP contribution in [0.3, 0.4) is 0 Å². The summed E-state index contributed by atoms with van der Waals surface area (Å²) in [7, 11) is 0. The number of nitro groups is 2. The zero-order valence-corrected chi connectivity index (χ0v) is 11.8. The first kappa shape index (κ1) is 16.5. The second-order valence-corrected chi connectivity index (χ2v) is 4.42. The Morgan fingerprint density at radius 3 is 2.38 bits per heavy atom. The molecule has 0 unspecified atom stereocenters. The Bertz CT molecular complexity index is 818. The Morgan fingerprint density at radius 1 is 1.04 bits per heavy atom. The minimum atomic E-state index is -1.34. The molecule has 2 aromatic rings. The average molecular weight is 331 g/mol.